The van der Waals surface area contributed by atoms with Crippen molar-refractivity contribution in [2.45, 2.75) is 40.5 Å². The number of anilines is 1. The summed E-state index contributed by atoms with van der Waals surface area (Å²) in [4.78, 5) is 17.5. The van der Waals surface area contributed by atoms with E-state index in [1.54, 1.807) is 0 Å². The number of benzene rings is 2. The quantitative estimate of drug-likeness (QED) is 0.430. The summed E-state index contributed by atoms with van der Waals surface area (Å²) in [7, 11) is 0. The standard InChI is InChI=1S/C25H25ClN4O/c1-15-21(26)11-8-12-22(15)28-23(31)14-13-20-16(2)27-25-24(19-9-6-5-7-10-19)17(3)29-30(25)18(20)4/h5-12H,13-14H2,1-4H3,(H,28,31). The van der Waals surface area contributed by atoms with Crippen LogP contribution in [-0.2, 0) is 11.2 Å². The molecule has 0 fully saturated rings. The number of nitrogens with zero attached hydrogens (tertiary/aromatic N) is 3. The molecule has 1 N–H and O–H groups in total. The molecule has 1 amide bonds. The molecule has 0 spiro atoms. The molecule has 0 saturated heterocycles. The number of amides is 1. The van der Waals surface area contributed by atoms with Crippen LogP contribution in [0.3, 0.4) is 0 Å². The third-order valence-electron chi connectivity index (χ3n) is 5.71. The lowest BCUT2D eigenvalue weighted by Crippen LogP contribution is -2.15. The summed E-state index contributed by atoms with van der Waals surface area (Å²) < 4.78 is 1.90. The molecule has 0 radical (unpaired) electrons. The lowest BCUT2D eigenvalue weighted by atomic mass is 10.0. The van der Waals surface area contributed by atoms with Gasteiger partial charge in [-0.1, -0.05) is 48.0 Å². The van der Waals surface area contributed by atoms with Gasteiger partial charge in [0.25, 0.3) is 0 Å². The van der Waals surface area contributed by atoms with Crippen LogP contribution in [0.4, 0.5) is 5.69 Å². The van der Waals surface area contributed by atoms with Gasteiger partial charge in [-0.25, -0.2) is 9.50 Å². The molecule has 0 aliphatic heterocycles. The first-order valence-corrected chi connectivity index (χ1v) is 10.7. The molecule has 4 rings (SSSR count). The number of rotatable bonds is 5. The largest absolute Gasteiger partial charge is 0.326 e. The van der Waals surface area contributed by atoms with Crippen molar-refractivity contribution in [2.24, 2.45) is 0 Å². The second kappa shape index (κ2) is 8.52. The maximum absolute atomic E-state index is 12.6. The Balaban J connectivity index is 1.60. The van der Waals surface area contributed by atoms with Crippen molar-refractivity contribution >= 4 is 28.8 Å². The first-order chi connectivity index (χ1) is 14.9. The minimum Gasteiger partial charge on any atom is -0.326 e. The fourth-order valence-corrected chi connectivity index (χ4v) is 4.14. The zero-order chi connectivity index (χ0) is 22.1. The number of carbonyl (C=O) groups is 1. The van der Waals surface area contributed by atoms with Crippen molar-refractivity contribution in [1.82, 2.24) is 14.6 Å². The molecule has 0 aliphatic rings. The van der Waals surface area contributed by atoms with Crippen LogP contribution >= 0.6 is 11.6 Å². The third kappa shape index (κ3) is 4.06. The maximum atomic E-state index is 12.6. The van der Waals surface area contributed by atoms with E-state index in [2.05, 4.69) is 17.4 Å². The van der Waals surface area contributed by atoms with Crippen molar-refractivity contribution < 1.29 is 4.79 Å². The van der Waals surface area contributed by atoms with Crippen LogP contribution in [0, 0.1) is 27.7 Å². The third-order valence-corrected chi connectivity index (χ3v) is 6.12. The molecule has 6 heteroatoms. The molecule has 158 valence electrons. The summed E-state index contributed by atoms with van der Waals surface area (Å²) in [5, 5.41) is 8.35. The van der Waals surface area contributed by atoms with E-state index in [1.165, 1.54) is 0 Å². The van der Waals surface area contributed by atoms with E-state index in [-0.39, 0.29) is 5.91 Å². The molecular weight excluding hydrogens is 408 g/mol. The van der Waals surface area contributed by atoms with E-state index >= 15 is 0 Å². The van der Waals surface area contributed by atoms with Crippen LogP contribution in [0.5, 0.6) is 0 Å². The van der Waals surface area contributed by atoms with Gasteiger partial charge in [-0.05, 0) is 62.9 Å². The minimum absolute atomic E-state index is 0.0501. The van der Waals surface area contributed by atoms with E-state index in [1.807, 2.05) is 68.6 Å². The van der Waals surface area contributed by atoms with E-state index in [0.717, 1.165) is 50.7 Å². The van der Waals surface area contributed by atoms with Gasteiger partial charge in [0.2, 0.25) is 5.91 Å². The van der Waals surface area contributed by atoms with Crippen LogP contribution in [0.1, 0.15) is 34.6 Å². The fraction of sp³-hybridized carbons (Fsp3) is 0.240. The van der Waals surface area contributed by atoms with Crippen molar-refractivity contribution in [2.75, 3.05) is 5.32 Å². The Kier molecular flexibility index (Phi) is 5.79. The van der Waals surface area contributed by atoms with Gasteiger partial charge in [-0.15, -0.1) is 0 Å². The van der Waals surface area contributed by atoms with Gasteiger partial charge in [-0.2, -0.15) is 5.10 Å². The van der Waals surface area contributed by atoms with E-state index in [9.17, 15) is 4.79 Å². The van der Waals surface area contributed by atoms with Crippen LogP contribution in [-0.4, -0.2) is 20.5 Å². The topological polar surface area (TPSA) is 59.3 Å². The normalized spacial score (nSPS) is 11.1. The van der Waals surface area contributed by atoms with Gasteiger partial charge in [0.15, 0.2) is 5.65 Å². The second-order valence-corrected chi connectivity index (χ2v) is 8.19. The molecule has 2 aromatic heterocycles. The van der Waals surface area contributed by atoms with Gasteiger partial charge in [-0.3, -0.25) is 4.79 Å². The molecule has 2 aromatic carbocycles. The SMILES string of the molecule is Cc1nc2c(-c3ccccc3)c(C)nn2c(C)c1CCC(=O)Nc1cccc(Cl)c1C. The number of fused-ring (bicyclic) bond motifs is 1. The molecule has 0 atom stereocenters. The molecule has 0 unspecified atom stereocenters. The average molecular weight is 433 g/mol. The molecule has 0 saturated carbocycles. The van der Waals surface area contributed by atoms with Gasteiger partial charge < -0.3 is 5.32 Å². The molecule has 0 bridgehead atoms. The zero-order valence-corrected chi connectivity index (χ0v) is 18.9. The van der Waals surface area contributed by atoms with Crippen molar-refractivity contribution in [3.8, 4) is 11.1 Å². The Morgan fingerprint density at radius 2 is 1.74 bits per heavy atom. The van der Waals surface area contributed by atoms with Gasteiger partial charge in [0.05, 0.1) is 5.69 Å². The summed E-state index contributed by atoms with van der Waals surface area (Å²) >= 11 is 6.16. The first-order valence-electron chi connectivity index (χ1n) is 10.3. The van der Waals surface area contributed by atoms with E-state index < -0.39 is 0 Å². The summed E-state index contributed by atoms with van der Waals surface area (Å²) in [6.07, 6.45) is 0.943. The average Bonchev–Trinajstić information content (AvgIpc) is 3.08. The van der Waals surface area contributed by atoms with E-state index in [4.69, 9.17) is 21.7 Å². The number of halogens is 1. The van der Waals surface area contributed by atoms with Gasteiger partial charge in [0, 0.05) is 34.1 Å². The summed E-state index contributed by atoms with van der Waals surface area (Å²) in [6, 6.07) is 15.7. The molecule has 5 nitrogen and oxygen atoms in total. The van der Waals surface area contributed by atoms with Crippen molar-refractivity contribution in [1.29, 1.82) is 0 Å². The number of aryl methyl sites for hydroxylation is 3. The Hall–Kier alpha value is -3.18. The zero-order valence-electron chi connectivity index (χ0n) is 18.2. The lowest BCUT2D eigenvalue weighted by Gasteiger charge is -2.13. The van der Waals surface area contributed by atoms with Crippen LogP contribution in [0.2, 0.25) is 5.02 Å². The Labute approximate surface area is 187 Å². The minimum atomic E-state index is -0.0501. The molecule has 31 heavy (non-hydrogen) atoms. The maximum Gasteiger partial charge on any atom is 0.224 e. The van der Waals surface area contributed by atoms with Crippen LogP contribution in [0.15, 0.2) is 48.5 Å². The van der Waals surface area contributed by atoms with Crippen LogP contribution in [0.25, 0.3) is 16.8 Å². The summed E-state index contributed by atoms with van der Waals surface area (Å²) in [6.45, 7) is 7.94. The molecule has 4 aromatic rings. The van der Waals surface area contributed by atoms with E-state index in [0.29, 0.717) is 17.9 Å². The van der Waals surface area contributed by atoms with Crippen molar-refractivity contribution in [3.63, 3.8) is 0 Å². The number of carbonyl (C=O) groups excluding carboxylic acids is 1. The lowest BCUT2D eigenvalue weighted by molar-refractivity contribution is -0.116. The van der Waals surface area contributed by atoms with Crippen molar-refractivity contribution in [3.05, 3.63) is 81.8 Å². The van der Waals surface area contributed by atoms with Gasteiger partial charge in [0.1, 0.15) is 0 Å². The van der Waals surface area contributed by atoms with Gasteiger partial charge >= 0.3 is 0 Å². The number of nitrogens with one attached hydrogen (secondary N) is 1. The Morgan fingerprint density at radius 1 is 1.00 bits per heavy atom. The summed E-state index contributed by atoms with van der Waals surface area (Å²) in [5.41, 5.74) is 8.54. The highest BCUT2D eigenvalue weighted by molar-refractivity contribution is 6.31. The molecule has 0 aliphatic carbocycles. The first kappa shape index (κ1) is 21.1. The predicted molar refractivity (Wildman–Crippen MR) is 126 cm³/mol. The Morgan fingerprint density at radius 3 is 2.48 bits per heavy atom. The Bertz CT molecular complexity index is 1280. The van der Waals surface area contributed by atoms with Crippen LogP contribution < -0.4 is 5.32 Å². The highest BCUT2D eigenvalue weighted by atomic mass is 35.5. The predicted octanol–water partition coefficient (Wildman–Crippen LogP) is 5.85. The summed E-state index contributed by atoms with van der Waals surface area (Å²) in [5.74, 6) is -0.0501. The smallest absolute Gasteiger partial charge is 0.224 e. The molecular formula is C25H25ClN4O. The number of aromatic nitrogens is 3. The number of hydrogen-bond donors (Lipinski definition) is 1. The fourth-order valence-electron chi connectivity index (χ4n) is 3.97. The second-order valence-electron chi connectivity index (χ2n) is 7.78. The monoisotopic (exact) mass is 432 g/mol. The molecule has 2 heterocycles. The highest BCUT2D eigenvalue weighted by Gasteiger charge is 2.18. The number of hydrogen-bond acceptors (Lipinski definition) is 3. The highest BCUT2D eigenvalue weighted by Crippen LogP contribution is 2.29.